The van der Waals surface area contributed by atoms with Gasteiger partial charge in [-0.25, -0.2) is 9.97 Å². The highest BCUT2D eigenvalue weighted by molar-refractivity contribution is 5.63. The van der Waals surface area contributed by atoms with E-state index >= 15 is 0 Å². The maximum atomic E-state index is 8.70. The summed E-state index contributed by atoms with van der Waals surface area (Å²) in [5.41, 5.74) is 4.05. The summed E-state index contributed by atoms with van der Waals surface area (Å²) in [6.45, 7) is 3.97. The van der Waals surface area contributed by atoms with Gasteiger partial charge in [-0.1, -0.05) is 24.3 Å². The van der Waals surface area contributed by atoms with Crippen LogP contribution in [0.3, 0.4) is 0 Å². The molecule has 0 aliphatic heterocycles. The molecule has 0 aliphatic rings. The van der Waals surface area contributed by atoms with E-state index in [0.29, 0.717) is 5.82 Å². The molecule has 3 nitrogen and oxygen atoms in total. The van der Waals surface area contributed by atoms with Crippen LogP contribution in [0.4, 0.5) is 0 Å². The van der Waals surface area contributed by atoms with Gasteiger partial charge in [0.25, 0.3) is 0 Å². The highest BCUT2D eigenvalue weighted by atomic mass is 14.9. The molecule has 17 heavy (non-hydrogen) atoms. The number of aromatic nitrogens is 2. The van der Waals surface area contributed by atoms with Gasteiger partial charge < -0.3 is 0 Å². The lowest BCUT2D eigenvalue weighted by molar-refractivity contribution is 0.968. The Hall–Kier alpha value is -2.21. The van der Waals surface area contributed by atoms with Crippen LogP contribution in [0.5, 0.6) is 0 Å². The Kier molecular flexibility index (Phi) is 3.15. The van der Waals surface area contributed by atoms with E-state index in [2.05, 4.69) is 29.0 Å². The number of rotatable bonds is 2. The Balaban J connectivity index is 2.53. The van der Waals surface area contributed by atoms with Crippen LogP contribution in [-0.4, -0.2) is 9.97 Å². The molecule has 0 saturated carbocycles. The molecular weight excluding hydrogens is 210 g/mol. The van der Waals surface area contributed by atoms with Crippen LogP contribution in [0.2, 0.25) is 0 Å². The number of hydrogen-bond donors (Lipinski definition) is 0. The zero-order valence-corrected chi connectivity index (χ0v) is 9.94. The van der Waals surface area contributed by atoms with Crippen molar-refractivity contribution in [3.63, 3.8) is 0 Å². The zero-order valence-electron chi connectivity index (χ0n) is 9.94. The summed E-state index contributed by atoms with van der Waals surface area (Å²) in [4.78, 5) is 8.67. The van der Waals surface area contributed by atoms with Gasteiger partial charge in [-0.2, -0.15) is 5.26 Å². The molecule has 1 aromatic carbocycles. The van der Waals surface area contributed by atoms with E-state index in [0.717, 1.165) is 17.0 Å². The largest absolute Gasteiger partial charge is 0.237 e. The molecule has 1 aromatic heterocycles. The zero-order chi connectivity index (χ0) is 12.3. The number of nitrogens with zero attached hydrogens (tertiary/aromatic N) is 3. The lowest BCUT2D eigenvalue weighted by atomic mass is 10.1. The second kappa shape index (κ2) is 4.75. The third-order valence-electron chi connectivity index (χ3n) is 2.56. The summed E-state index contributed by atoms with van der Waals surface area (Å²) in [5, 5.41) is 8.70. The van der Waals surface area contributed by atoms with Crippen LogP contribution in [-0.2, 0) is 6.42 Å². The molecule has 0 bridgehead atoms. The van der Waals surface area contributed by atoms with Crippen LogP contribution in [0, 0.1) is 25.2 Å². The molecule has 0 radical (unpaired) electrons. The number of benzene rings is 1. The minimum Gasteiger partial charge on any atom is -0.237 e. The van der Waals surface area contributed by atoms with Crippen LogP contribution >= 0.6 is 0 Å². The summed E-state index contributed by atoms with van der Waals surface area (Å²) in [6, 6.07) is 12.1. The Morgan fingerprint density at radius 3 is 2.65 bits per heavy atom. The quantitative estimate of drug-likeness (QED) is 0.786. The molecule has 2 rings (SSSR count). The molecular formula is C14H13N3. The molecule has 0 aliphatic carbocycles. The standard InChI is InChI=1S/C14H13N3/c1-10-5-3-4-6-12(10)13-9-11(2)16-14(17-13)7-8-15/h3-6,9H,7H2,1-2H3. The van der Waals surface area contributed by atoms with Crippen LogP contribution in [0.1, 0.15) is 17.1 Å². The molecule has 0 fully saturated rings. The van der Waals surface area contributed by atoms with E-state index in [1.54, 1.807) is 0 Å². The van der Waals surface area contributed by atoms with E-state index in [9.17, 15) is 0 Å². The molecule has 2 aromatic rings. The lowest BCUT2D eigenvalue weighted by Gasteiger charge is -2.06. The monoisotopic (exact) mass is 223 g/mol. The second-order valence-electron chi connectivity index (χ2n) is 3.96. The number of hydrogen-bond acceptors (Lipinski definition) is 3. The smallest absolute Gasteiger partial charge is 0.143 e. The highest BCUT2D eigenvalue weighted by Crippen LogP contribution is 2.21. The molecule has 3 heteroatoms. The van der Waals surface area contributed by atoms with Crippen molar-refractivity contribution in [3.8, 4) is 17.3 Å². The first-order valence-corrected chi connectivity index (χ1v) is 5.48. The summed E-state index contributed by atoms with van der Waals surface area (Å²) in [5.74, 6) is 0.589. The SMILES string of the molecule is Cc1cc(-c2ccccc2C)nc(CC#N)n1. The van der Waals surface area contributed by atoms with E-state index in [1.807, 2.05) is 31.2 Å². The Labute approximate surface area is 101 Å². The van der Waals surface area contributed by atoms with Crippen molar-refractivity contribution < 1.29 is 0 Å². The molecule has 84 valence electrons. The van der Waals surface area contributed by atoms with Gasteiger partial charge in [0.15, 0.2) is 0 Å². The molecule has 1 heterocycles. The van der Waals surface area contributed by atoms with E-state index < -0.39 is 0 Å². The van der Waals surface area contributed by atoms with Crippen molar-refractivity contribution in [1.29, 1.82) is 5.26 Å². The Morgan fingerprint density at radius 2 is 1.94 bits per heavy atom. The van der Waals surface area contributed by atoms with Crippen molar-refractivity contribution in [3.05, 3.63) is 47.4 Å². The van der Waals surface area contributed by atoms with Gasteiger partial charge in [-0.15, -0.1) is 0 Å². The normalized spacial score (nSPS) is 9.94. The van der Waals surface area contributed by atoms with Crippen LogP contribution in [0.25, 0.3) is 11.3 Å². The fourth-order valence-corrected chi connectivity index (χ4v) is 1.78. The Morgan fingerprint density at radius 1 is 1.18 bits per heavy atom. The molecule has 0 amide bonds. The molecule has 0 spiro atoms. The van der Waals surface area contributed by atoms with Gasteiger partial charge in [0.2, 0.25) is 0 Å². The van der Waals surface area contributed by atoms with Crippen LogP contribution < -0.4 is 0 Å². The third kappa shape index (κ3) is 2.48. The average Bonchev–Trinajstić information content (AvgIpc) is 2.29. The predicted octanol–water partition coefficient (Wildman–Crippen LogP) is 2.83. The summed E-state index contributed by atoms with van der Waals surface area (Å²) in [7, 11) is 0. The highest BCUT2D eigenvalue weighted by Gasteiger charge is 2.06. The lowest BCUT2D eigenvalue weighted by Crippen LogP contribution is -1.98. The van der Waals surface area contributed by atoms with E-state index in [4.69, 9.17) is 5.26 Å². The molecule has 0 saturated heterocycles. The molecule has 0 N–H and O–H groups in total. The van der Waals surface area contributed by atoms with Gasteiger partial charge in [-0.05, 0) is 25.5 Å². The van der Waals surface area contributed by atoms with Gasteiger partial charge in [0.1, 0.15) is 5.82 Å². The number of aryl methyl sites for hydroxylation is 2. The minimum absolute atomic E-state index is 0.251. The predicted molar refractivity (Wildman–Crippen MR) is 66.3 cm³/mol. The summed E-state index contributed by atoms with van der Waals surface area (Å²) in [6.07, 6.45) is 0.251. The maximum absolute atomic E-state index is 8.70. The maximum Gasteiger partial charge on any atom is 0.143 e. The van der Waals surface area contributed by atoms with Gasteiger partial charge in [0, 0.05) is 11.3 Å². The number of nitriles is 1. The Bertz CT molecular complexity index is 582. The average molecular weight is 223 g/mol. The van der Waals surface area contributed by atoms with Gasteiger partial charge in [-0.3, -0.25) is 0 Å². The second-order valence-corrected chi connectivity index (χ2v) is 3.96. The first-order valence-electron chi connectivity index (χ1n) is 5.48. The summed E-state index contributed by atoms with van der Waals surface area (Å²) < 4.78 is 0. The van der Waals surface area contributed by atoms with Crippen molar-refractivity contribution in [2.75, 3.05) is 0 Å². The fourth-order valence-electron chi connectivity index (χ4n) is 1.78. The minimum atomic E-state index is 0.251. The van der Waals surface area contributed by atoms with Crippen molar-refractivity contribution >= 4 is 0 Å². The van der Waals surface area contributed by atoms with E-state index in [-0.39, 0.29) is 6.42 Å². The van der Waals surface area contributed by atoms with E-state index in [1.165, 1.54) is 5.56 Å². The molecule has 0 unspecified atom stereocenters. The van der Waals surface area contributed by atoms with Crippen molar-refractivity contribution in [1.82, 2.24) is 9.97 Å². The first kappa shape index (κ1) is 11.3. The van der Waals surface area contributed by atoms with Crippen molar-refractivity contribution in [2.45, 2.75) is 20.3 Å². The van der Waals surface area contributed by atoms with Crippen LogP contribution in [0.15, 0.2) is 30.3 Å². The fraction of sp³-hybridized carbons (Fsp3) is 0.214. The van der Waals surface area contributed by atoms with Crippen molar-refractivity contribution in [2.24, 2.45) is 0 Å². The first-order chi connectivity index (χ1) is 8.20. The van der Waals surface area contributed by atoms with Gasteiger partial charge >= 0.3 is 0 Å². The molecule has 0 atom stereocenters. The topological polar surface area (TPSA) is 49.6 Å². The third-order valence-corrected chi connectivity index (χ3v) is 2.56. The van der Waals surface area contributed by atoms with Gasteiger partial charge in [0.05, 0.1) is 18.2 Å². The summed E-state index contributed by atoms with van der Waals surface area (Å²) >= 11 is 0.